The first-order valence-electron chi connectivity index (χ1n) is 10.4. The number of anilines is 1. The zero-order valence-electron chi connectivity index (χ0n) is 18.0. The lowest BCUT2D eigenvalue weighted by atomic mass is 9.99. The maximum absolute atomic E-state index is 10.7. The molecular weight excluding hydrogens is 378 g/mol. The van der Waals surface area contributed by atoms with Crippen LogP contribution in [0.3, 0.4) is 0 Å². The zero-order valence-corrected chi connectivity index (χ0v) is 18.9. The normalized spacial score (nSPS) is 13.6. The summed E-state index contributed by atoms with van der Waals surface area (Å²) in [7, 11) is 5.65. The van der Waals surface area contributed by atoms with Crippen molar-refractivity contribution in [1.29, 1.82) is 0 Å². The maximum atomic E-state index is 10.7. The number of nitrogens with zero attached hydrogens (tertiary/aromatic N) is 1. The molecule has 3 N–H and O–H groups in total. The molecule has 2 aromatic rings. The highest BCUT2D eigenvalue weighted by atomic mass is 32.1. The molecule has 0 bridgehead atoms. The van der Waals surface area contributed by atoms with Gasteiger partial charge in [-0.3, -0.25) is 4.79 Å². The van der Waals surface area contributed by atoms with Gasteiger partial charge < -0.3 is 16.0 Å². The number of aryl methyl sites for hydroxylation is 2. The molecule has 0 atom stereocenters. The smallest absolute Gasteiger partial charge is 0.211 e. The van der Waals surface area contributed by atoms with E-state index in [4.69, 9.17) is 0 Å². The standard InChI is InChI=1S/C13H15NO.C10H15NS.CH5N/c15-8-14-13-11-5-1-3-9(11)7-10-4-2-6-12(10)13;1-11(2)7-9-4-3-5-10(6-9)8-12;1-2/h7-8H,1-6H2,(H,14,15);3-6,12H,7-8H2,1-2H3;2H2,1H3. The molecular formula is C24H35N3OS. The highest BCUT2D eigenvalue weighted by molar-refractivity contribution is 7.79. The van der Waals surface area contributed by atoms with Crippen LogP contribution in [0.1, 0.15) is 46.2 Å². The first kappa shape index (κ1) is 23.5. The van der Waals surface area contributed by atoms with Crippen LogP contribution in [0, 0.1) is 0 Å². The SMILES string of the molecule is CN.CN(C)Cc1cccc(CS)c1.O=CNc1c2c(cc3c1CCC3)CCC2. The van der Waals surface area contributed by atoms with E-state index in [-0.39, 0.29) is 0 Å². The molecule has 5 heteroatoms. The summed E-state index contributed by atoms with van der Waals surface area (Å²) in [5.41, 5.74) is 14.0. The molecule has 0 heterocycles. The van der Waals surface area contributed by atoms with E-state index in [0.29, 0.717) is 0 Å². The number of fused-ring (bicyclic) bond motifs is 2. The summed E-state index contributed by atoms with van der Waals surface area (Å²) in [6.45, 7) is 1.00. The average molecular weight is 414 g/mol. The van der Waals surface area contributed by atoms with E-state index < -0.39 is 0 Å². The van der Waals surface area contributed by atoms with E-state index in [9.17, 15) is 4.79 Å². The van der Waals surface area contributed by atoms with E-state index in [1.54, 1.807) is 0 Å². The monoisotopic (exact) mass is 413 g/mol. The van der Waals surface area contributed by atoms with Gasteiger partial charge >= 0.3 is 0 Å². The van der Waals surface area contributed by atoms with Crippen LogP contribution in [0.4, 0.5) is 5.69 Å². The van der Waals surface area contributed by atoms with Crippen LogP contribution in [0.5, 0.6) is 0 Å². The lowest BCUT2D eigenvalue weighted by Crippen LogP contribution is -2.10. The summed E-state index contributed by atoms with van der Waals surface area (Å²) in [4.78, 5) is 12.8. The van der Waals surface area contributed by atoms with Gasteiger partial charge in [0.25, 0.3) is 0 Å². The average Bonchev–Trinajstić information content (AvgIpc) is 3.39. The maximum Gasteiger partial charge on any atom is 0.211 e. The van der Waals surface area contributed by atoms with Crippen molar-refractivity contribution in [3.8, 4) is 0 Å². The number of amides is 1. The predicted octanol–water partition coefficient (Wildman–Crippen LogP) is 3.99. The van der Waals surface area contributed by atoms with Crippen LogP contribution < -0.4 is 11.1 Å². The molecule has 0 saturated carbocycles. The summed E-state index contributed by atoms with van der Waals surface area (Å²) < 4.78 is 0. The van der Waals surface area contributed by atoms with E-state index in [0.717, 1.165) is 37.2 Å². The van der Waals surface area contributed by atoms with Gasteiger partial charge in [0.15, 0.2) is 0 Å². The Hall–Kier alpha value is -1.82. The van der Waals surface area contributed by atoms with Crippen LogP contribution >= 0.6 is 12.6 Å². The second-order valence-electron chi connectivity index (χ2n) is 7.71. The number of thiol groups is 1. The summed E-state index contributed by atoms with van der Waals surface area (Å²) in [6.07, 6.45) is 7.97. The molecule has 0 spiro atoms. The second-order valence-corrected chi connectivity index (χ2v) is 8.03. The topological polar surface area (TPSA) is 58.4 Å². The number of carbonyl (C=O) groups is 1. The third kappa shape index (κ3) is 6.33. The number of carbonyl (C=O) groups excluding carboxylic acids is 1. The third-order valence-corrected chi connectivity index (χ3v) is 5.71. The number of nitrogens with one attached hydrogen (secondary N) is 1. The molecule has 4 nitrogen and oxygen atoms in total. The van der Waals surface area contributed by atoms with Gasteiger partial charge in [-0.2, -0.15) is 12.6 Å². The molecule has 0 fully saturated rings. The molecule has 4 rings (SSSR count). The Balaban J connectivity index is 0.000000196. The molecule has 0 unspecified atom stereocenters. The van der Waals surface area contributed by atoms with Crippen molar-refractivity contribution >= 4 is 24.7 Å². The first-order valence-corrected chi connectivity index (χ1v) is 11.0. The van der Waals surface area contributed by atoms with Gasteiger partial charge in [0.2, 0.25) is 6.41 Å². The van der Waals surface area contributed by atoms with Crippen LogP contribution in [-0.2, 0) is 42.8 Å². The molecule has 0 aliphatic heterocycles. The van der Waals surface area contributed by atoms with E-state index in [2.05, 4.69) is 73.0 Å². The second kappa shape index (κ2) is 12.0. The van der Waals surface area contributed by atoms with Gasteiger partial charge in [0, 0.05) is 18.0 Å². The van der Waals surface area contributed by atoms with Gasteiger partial charge in [-0.1, -0.05) is 30.3 Å². The van der Waals surface area contributed by atoms with E-state index >= 15 is 0 Å². The highest BCUT2D eigenvalue weighted by Crippen LogP contribution is 2.38. The lowest BCUT2D eigenvalue weighted by Gasteiger charge is -2.13. The van der Waals surface area contributed by atoms with Gasteiger partial charge in [0.1, 0.15) is 0 Å². The largest absolute Gasteiger partial charge is 0.333 e. The van der Waals surface area contributed by atoms with Crippen molar-refractivity contribution in [2.45, 2.75) is 50.8 Å². The Morgan fingerprint density at radius 2 is 1.59 bits per heavy atom. The summed E-state index contributed by atoms with van der Waals surface area (Å²) in [5.74, 6) is 0.821. The van der Waals surface area contributed by atoms with Crippen molar-refractivity contribution < 1.29 is 4.79 Å². The van der Waals surface area contributed by atoms with Crippen LogP contribution in [0.15, 0.2) is 30.3 Å². The van der Waals surface area contributed by atoms with E-state index in [1.807, 2.05) is 0 Å². The Morgan fingerprint density at radius 1 is 1.00 bits per heavy atom. The van der Waals surface area contributed by atoms with Gasteiger partial charge in [-0.25, -0.2) is 0 Å². The molecule has 2 aliphatic carbocycles. The quantitative estimate of drug-likeness (QED) is 0.513. The first-order chi connectivity index (χ1) is 14.1. The highest BCUT2D eigenvalue weighted by Gasteiger charge is 2.23. The van der Waals surface area contributed by atoms with Gasteiger partial charge in [-0.05, 0) is 93.0 Å². The third-order valence-electron chi connectivity index (χ3n) is 5.35. The fraction of sp³-hybridized carbons (Fsp3) is 0.458. The van der Waals surface area contributed by atoms with Crippen LogP contribution in [0.2, 0.25) is 0 Å². The number of nitrogens with two attached hydrogens (primary N) is 1. The Kier molecular flexibility index (Phi) is 9.71. The summed E-state index contributed by atoms with van der Waals surface area (Å²) >= 11 is 4.23. The fourth-order valence-electron chi connectivity index (χ4n) is 4.24. The molecule has 2 aliphatic rings. The molecule has 0 radical (unpaired) electrons. The molecule has 0 aromatic heterocycles. The minimum Gasteiger partial charge on any atom is -0.333 e. The Morgan fingerprint density at radius 3 is 2.10 bits per heavy atom. The van der Waals surface area contributed by atoms with Crippen molar-refractivity contribution in [2.24, 2.45) is 5.73 Å². The Labute approximate surface area is 181 Å². The predicted molar refractivity (Wildman–Crippen MR) is 127 cm³/mol. The minimum absolute atomic E-state index is 0.821. The van der Waals surface area contributed by atoms with Crippen molar-refractivity contribution in [2.75, 3.05) is 26.5 Å². The van der Waals surface area contributed by atoms with E-state index in [1.165, 1.54) is 66.1 Å². The molecule has 29 heavy (non-hydrogen) atoms. The van der Waals surface area contributed by atoms with Gasteiger partial charge in [0.05, 0.1) is 0 Å². The lowest BCUT2D eigenvalue weighted by molar-refractivity contribution is -0.105. The fourth-order valence-corrected chi connectivity index (χ4v) is 4.44. The Bertz CT molecular complexity index is 773. The summed E-state index contributed by atoms with van der Waals surface area (Å²) in [6, 6.07) is 10.9. The summed E-state index contributed by atoms with van der Waals surface area (Å²) in [5, 5.41) is 2.93. The minimum atomic E-state index is 0.821. The number of hydrogen-bond donors (Lipinski definition) is 3. The zero-order chi connectivity index (χ0) is 21.2. The molecule has 158 valence electrons. The molecule has 1 amide bonds. The van der Waals surface area contributed by atoms with Crippen molar-refractivity contribution in [3.63, 3.8) is 0 Å². The number of rotatable bonds is 5. The molecule has 0 saturated heterocycles. The molecule has 2 aromatic carbocycles. The van der Waals surface area contributed by atoms with Crippen LogP contribution in [-0.4, -0.2) is 32.5 Å². The van der Waals surface area contributed by atoms with Crippen molar-refractivity contribution in [1.82, 2.24) is 4.90 Å². The number of hydrogen-bond acceptors (Lipinski definition) is 4. The van der Waals surface area contributed by atoms with Gasteiger partial charge in [-0.15, -0.1) is 0 Å². The van der Waals surface area contributed by atoms with Crippen molar-refractivity contribution in [3.05, 3.63) is 63.7 Å². The number of benzene rings is 2. The van der Waals surface area contributed by atoms with Crippen LogP contribution in [0.25, 0.3) is 0 Å².